The van der Waals surface area contributed by atoms with Crippen LogP contribution in [0.25, 0.3) is 22.4 Å². The summed E-state index contributed by atoms with van der Waals surface area (Å²) >= 11 is 6.31. The van der Waals surface area contributed by atoms with E-state index in [0.29, 0.717) is 28.7 Å². The average molecular weight is 440 g/mol. The van der Waals surface area contributed by atoms with E-state index in [0.717, 1.165) is 53.0 Å². The van der Waals surface area contributed by atoms with Gasteiger partial charge in [-0.15, -0.1) is 0 Å². The number of hydrogen-bond donors (Lipinski definition) is 0. The van der Waals surface area contributed by atoms with Crippen molar-refractivity contribution in [1.82, 2.24) is 4.57 Å². The zero-order valence-corrected chi connectivity index (χ0v) is 19.0. The second-order valence-corrected chi connectivity index (χ2v) is 7.83. The number of halogens is 1. The van der Waals surface area contributed by atoms with Gasteiger partial charge in [0.2, 0.25) is 0 Å². The van der Waals surface area contributed by atoms with Crippen LogP contribution in [0, 0.1) is 0 Å². The Hall–Kier alpha value is -2.92. The van der Waals surface area contributed by atoms with Gasteiger partial charge < -0.3 is 18.8 Å². The van der Waals surface area contributed by atoms with Crippen LogP contribution in [-0.4, -0.2) is 31.4 Å². The smallest absolute Gasteiger partial charge is 0.340 e. The van der Waals surface area contributed by atoms with Gasteiger partial charge in [-0.2, -0.15) is 0 Å². The maximum Gasteiger partial charge on any atom is 0.340 e. The molecule has 0 atom stereocenters. The molecule has 4 rings (SSSR count). The molecule has 31 heavy (non-hydrogen) atoms. The molecule has 0 bridgehead atoms. The summed E-state index contributed by atoms with van der Waals surface area (Å²) in [4.78, 5) is 13.3. The molecule has 1 aliphatic heterocycles. The molecular weight excluding hydrogens is 414 g/mol. The Labute approximate surface area is 187 Å². The highest BCUT2D eigenvalue weighted by atomic mass is 35.5. The van der Waals surface area contributed by atoms with E-state index in [1.54, 1.807) is 14.2 Å². The summed E-state index contributed by atoms with van der Waals surface area (Å²) in [6.45, 7) is 5.00. The Morgan fingerprint density at radius 3 is 2.48 bits per heavy atom. The van der Waals surface area contributed by atoms with Crippen molar-refractivity contribution in [3.63, 3.8) is 0 Å². The molecular formula is C25H26ClNO4. The van der Waals surface area contributed by atoms with Crippen LogP contribution in [0.1, 0.15) is 35.5 Å². The quantitative estimate of drug-likeness (QED) is 0.456. The molecule has 3 aromatic rings. The monoisotopic (exact) mass is 439 g/mol. The molecule has 0 saturated carbocycles. The van der Waals surface area contributed by atoms with Gasteiger partial charge >= 0.3 is 5.97 Å². The highest BCUT2D eigenvalue weighted by Gasteiger charge is 2.33. The first kappa shape index (κ1) is 21.3. The van der Waals surface area contributed by atoms with E-state index < -0.39 is 0 Å². The van der Waals surface area contributed by atoms with Crippen LogP contribution in [-0.2, 0) is 24.1 Å². The van der Waals surface area contributed by atoms with Crippen molar-refractivity contribution in [1.29, 1.82) is 0 Å². The van der Waals surface area contributed by atoms with Crippen molar-refractivity contribution >= 4 is 17.6 Å². The van der Waals surface area contributed by atoms with Gasteiger partial charge in [-0.05, 0) is 55.2 Å². The van der Waals surface area contributed by atoms with E-state index in [1.807, 2.05) is 43.3 Å². The molecule has 0 spiro atoms. The van der Waals surface area contributed by atoms with E-state index >= 15 is 0 Å². The Balaban J connectivity index is 2.08. The van der Waals surface area contributed by atoms with E-state index in [4.69, 9.17) is 25.8 Å². The fourth-order valence-electron chi connectivity index (χ4n) is 4.50. The van der Waals surface area contributed by atoms with E-state index in [2.05, 4.69) is 11.5 Å². The van der Waals surface area contributed by atoms with Crippen molar-refractivity contribution in [2.24, 2.45) is 0 Å². The summed E-state index contributed by atoms with van der Waals surface area (Å²) in [5.74, 6) is 0.987. The number of fused-ring (bicyclic) bond motifs is 3. The van der Waals surface area contributed by atoms with Crippen molar-refractivity contribution in [2.75, 3.05) is 20.8 Å². The molecule has 5 nitrogen and oxygen atoms in total. The summed E-state index contributed by atoms with van der Waals surface area (Å²) in [6, 6.07) is 11.6. The van der Waals surface area contributed by atoms with Gasteiger partial charge in [0.05, 0.1) is 32.1 Å². The Bertz CT molecular complexity index is 1150. The highest BCUT2D eigenvalue weighted by molar-refractivity contribution is 6.31. The Morgan fingerprint density at radius 2 is 1.84 bits per heavy atom. The topological polar surface area (TPSA) is 49.7 Å². The lowest BCUT2D eigenvalue weighted by Gasteiger charge is -2.23. The third kappa shape index (κ3) is 3.57. The van der Waals surface area contributed by atoms with Crippen LogP contribution in [0.4, 0.5) is 0 Å². The molecule has 0 N–H and O–H groups in total. The van der Waals surface area contributed by atoms with Crippen LogP contribution in [0.5, 0.6) is 11.5 Å². The number of ether oxygens (including phenoxy) is 3. The van der Waals surface area contributed by atoms with Gasteiger partial charge in [0.25, 0.3) is 0 Å². The first-order chi connectivity index (χ1) is 15.0. The fourth-order valence-corrected chi connectivity index (χ4v) is 4.69. The maximum absolute atomic E-state index is 13.3. The Morgan fingerprint density at radius 1 is 1.10 bits per heavy atom. The SMILES string of the molecule is CCOC(=O)c1c(-c2cccc(Cl)c2)c(CC)n2c1-c1cc(OC)c(OC)cc1CC2. The summed E-state index contributed by atoms with van der Waals surface area (Å²) in [7, 11) is 3.25. The van der Waals surface area contributed by atoms with Gasteiger partial charge in [0.1, 0.15) is 0 Å². The highest BCUT2D eigenvalue weighted by Crippen LogP contribution is 2.45. The lowest BCUT2D eigenvalue weighted by atomic mass is 9.93. The standard InChI is InChI=1S/C25H26ClNO4/c1-5-19-22(16-8-7-9-17(26)12-16)23(25(28)31-6-2)24-18-14-21(30-4)20(29-3)13-15(18)10-11-27(19)24/h7-9,12-14H,5-6,10-11H2,1-4H3. The number of rotatable bonds is 6. The van der Waals surface area contributed by atoms with Crippen molar-refractivity contribution in [3.8, 4) is 33.9 Å². The number of hydrogen-bond acceptors (Lipinski definition) is 4. The molecule has 6 heteroatoms. The van der Waals surface area contributed by atoms with Gasteiger partial charge in [0.15, 0.2) is 11.5 Å². The molecule has 0 aliphatic carbocycles. The molecule has 162 valence electrons. The normalized spacial score (nSPS) is 12.2. The predicted octanol–water partition coefficient (Wildman–Crippen LogP) is 5.79. The zero-order chi connectivity index (χ0) is 22.1. The molecule has 0 saturated heterocycles. The van der Waals surface area contributed by atoms with Gasteiger partial charge in [-0.25, -0.2) is 4.79 Å². The lowest BCUT2D eigenvalue weighted by Crippen LogP contribution is -2.15. The molecule has 2 aromatic carbocycles. The van der Waals surface area contributed by atoms with E-state index in [9.17, 15) is 4.79 Å². The molecule has 0 amide bonds. The minimum absolute atomic E-state index is 0.304. The minimum Gasteiger partial charge on any atom is -0.493 e. The minimum atomic E-state index is -0.330. The van der Waals surface area contributed by atoms with Crippen LogP contribution < -0.4 is 9.47 Å². The Kier molecular flexibility index (Phi) is 5.96. The number of carbonyl (C=O) groups excluding carboxylic acids is 1. The number of nitrogens with zero attached hydrogens (tertiary/aromatic N) is 1. The summed E-state index contributed by atoms with van der Waals surface area (Å²) < 4.78 is 18.8. The van der Waals surface area contributed by atoms with Crippen molar-refractivity contribution in [2.45, 2.75) is 33.2 Å². The molecule has 1 aromatic heterocycles. The molecule has 0 radical (unpaired) electrons. The van der Waals surface area contributed by atoms with Crippen LogP contribution >= 0.6 is 11.6 Å². The molecule has 0 unspecified atom stereocenters. The molecule has 1 aliphatic rings. The van der Waals surface area contributed by atoms with Gasteiger partial charge in [0, 0.05) is 28.4 Å². The summed E-state index contributed by atoms with van der Waals surface area (Å²) in [5.41, 5.74) is 6.43. The third-order valence-corrected chi connectivity index (χ3v) is 6.00. The second-order valence-electron chi connectivity index (χ2n) is 7.40. The average Bonchev–Trinajstić information content (AvgIpc) is 3.13. The lowest BCUT2D eigenvalue weighted by molar-refractivity contribution is 0.0528. The molecule has 2 heterocycles. The number of esters is 1. The van der Waals surface area contributed by atoms with Crippen molar-refractivity contribution < 1.29 is 19.0 Å². The maximum atomic E-state index is 13.3. The fraction of sp³-hybridized carbons (Fsp3) is 0.320. The predicted molar refractivity (Wildman–Crippen MR) is 122 cm³/mol. The van der Waals surface area contributed by atoms with Crippen LogP contribution in [0.15, 0.2) is 36.4 Å². The third-order valence-electron chi connectivity index (χ3n) is 5.77. The van der Waals surface area contributed by atoms with Gasteiger partial charge in [-0.1, -0.05) is 30.7 Å². The summed E-state index contributed by atoms with van der Waals surface area (Å²) in [6.07, 6.45) is 1.61. The first-order valence-electron chi connectivity index (χ1n) is 10.5. The van der Waals surface area contributed by atoms with Crippen LogP contribution in [0.2, 0.25) is 5.02 Å². The number of carbonyl (C=O) groups is 1. The van der Waals surface area contributed by atoms with Gasteiger partial charge in [-0.3, -0.25) is 0 Å². The van der Waals surface area contributed by atoms with Crippen LogP contribution in [0.3, 0.4) is 0 Å². The second kappa shape index (κ2) is 8.67. The summed E-state index contributed by atoms with van der Waals surface area (Å²) in [5, 5.41) is 0.630. The molecule has 0 fully saturated rings. The number of benzene rings is 2. The van der Waals surface area contributed by atoms with Crippen molar-refractivity contribution in [3.05, 3.63) is 58.2 Å². The van der Waals surface area contributed by atoms with E-state index in [-0.39, 0.29) is 5.97 Å². The number of aryl methyl sites for hydroxylation is 1. The largest absolute Gasteiger partial charge is 0.493 e. The number of aromatic nitrogens is 1. The van der Waals surface area contributed by atoms with E-state index in [1.165, 1.54) is 0 Å². The number of methoxy groups -OCH3 is 2. The first-order valence-corrected chi connectivity index (χ1v) is 10.8. The zero-order valence-electron chi connectivity index (χ0n) is 18.3.